The lowest BCUT2D eigenvalue weighted by molar-refractivity contribution is 0.102. The fourth-order valence-corrected chi connectivity index (χ4v) is 2.44. The number of nitrogen functional groups attached to an aromatic ring is 1. The Balaban J connectivity index is 2.31. The molecule has 3 nitrogen and oxygen atoms in total. The number of amides is 1. The minimum atomic E-state index is -0.179. The maximum atomic E-state index is 12.2. The van der Waals surface area contributed by atoms with Crippen molar-refractivity contribution >= 4 is 49.1 Å². The maximum Gasteiger partial charge on any atom is 0.256 e. The van der Waals surface area contributed by atoms with E-state index in [0.29, 0.717) is 16.9 Å². The molecule has 98 valence electrons. The van der Waals surface area contributed by atoms with Crippen LogP contribution in [0.2, 0.25) is 0 Å². The topological polar surface area (TPSA) is 55.1 Å². The highest BCUT2D eigenvalue weighted by atomic mass is 79.9. The van der Waals surface area contributed by atoms with Gasteiger partial charge in [-0.15, -0.1) is 0 Å². The molecular weight excluding hydrogens is 372 g/mol. The van der Waals surface area contributed by atoms with Gasteiger partial charge in [-0.1, -0.05) is 12.1 Å². The Labute approximate surface area is 128 Å². The van der Waals surface area contributed by atoms with Gasteiger partial charge < -0.3 is 11.1 Å². The van der Waals surface area contributed by atoms with Crippen LogP contribution in [0.15, 0.2) is 45.3 Å². The van der Waals surface area contributed by atoms with Crippen LogP contribution in [0.4, 0.5) is 11.4 Å². The van der Waals surface area contributed by atoms with E-state index in [1.165, 1.54) is 0 Å². The fraction of sp³-hybridized carbons (Fsp3) is 0.0714. The summed E-state index contributed by atoms with van der Waals surface area (Å²) in [6, 6.07) is 10.8. The number of nitrogens with one attached hydrogen (secondary N) is 1. The molecule has 0 fully saturated rings. The number of carbonyl (C=O) groups excluding carboxylic acids is 1. The van der Waals surface area contributed by atoms with Gasteiger partial charge in [-0.2, -0.15) is 0 Å². The quantitative estimate of drug-likeness (QED) is 0.757. The molecule has 0 unspecified atom stereocenters. The van der Waals surface area contributed by atoms with Gasteiger partial charge in [0, 0.05) is 14.6 Å². The molecule has 1 amide bonds. The molecule has 0 aliphatic rings. The van der Waals surface area contributed by atoms with Crippen molar-refractivity contribution in [2.24, 2.45) is 0 Å². The van der Waals surface area contributed by atoms with Gasteiger partial charge in [-0.25, -0.2) is 0 Å². The molecule has 0 aliphatic carbocycles. The molecule has 5 heteroatoms. The van der Waals surface area contributed by atoms with E-state index in [9.17, 15) is 4.79 Å². The van der Waals surface area contributed by atoms with Gasteiger partial charge in [0.15, 0.2) is 0 Å². The van der Waals surface area contributed by atoms with E-state index in [4.69, 9.17) is 5.73 Å². The molecule has 0 saturated heterocycles. The van der Waals surface area contributed by atoms with Crippen LogP contribution in [0.5, 0.6) is 0 Å². The predicted molar refractivity (Wildman–Crippen MR) is 85.4 cm³/mol. The summed E-state index contributed by atoms with van der Waals surface area (Å²) >= 11 is 6.81. The molecule has 2 aromatic carbocycles. The number of aryl methyl sites for hydroxylation is 1. The summed E-state index contributed by atoms with van der Waals surface area (Å²) in [7, 11) is 0. The average molecular weight is 384 g/mol. The van der Waals surface area contributed by atoms with E-state index in [2.05, 4.69) is 37.2 Å². The molecule has 0 aliphatic heterocycles. The summed E-state index contributed by atoms with van der Waals surface area (Å²) in [5.41, 5.74) is 8.57. The molecule has 0 spiro atoms. The summed E-state index contributed by atoms with van der Waals surface area (Å²) in [5.74, 6) is -0.179. The Hall–Kier alpha value is -1.33. The number of halogens is 2. The Kier molecular flexibility index (Phi) is 4.27. The van der Waals surface area contributed by atoms with Crippen molar-refractivity contribution < 1.29 is 4.79 Å². The Morgan fingerprint density at radius 3 is 2.68 bits per heavy atom. The maximum absolute atomic E-state index is 12.2. The van der Waals surface area contributed by atoms with Crippen LogP contribution in [0.25, 0.3) is 0 Å². The third-order valence-electron chi connectivity index (χ3n) is 2.68. The van der Waals surface area contributed by atoms with E-state index >= 15 is 0 Å². The highest BCUT2D eigenvalue weighted by Gasteiger charge is 2.12. The molecule has 3 N–H and O–H groups in total. The van der Waals surface area contributed by atoms with Gasteiger partial charge in [0.05, 0.1) is 11.3 Å². The second-order valence-corrected chi connectivity index (χ2v) is 5.78. The standard InChI is InChI=1S/C14H12Br2N2O/c1-8-3-2-4-10(13(8)16)14(19)18-12-7-9(17)5-6-11(12)15/h2-7H,17H2,1H3,(H,18,19). The smallest absolute Gasteiger partial charge is 0.256 e. The second kappa shape index (κ2) is 5.75. The van der Waals surface area contributed by atoms with Crippen LogP contribution in [0.3, 0.4) is 0 Å². The molecule has 19 heavy (non-hydrogen) atoms. The first-order valence-electron chi connectivity index (χ1n) is 5.60. The van der Waals surface area contributed by atoms with Crippen LogP contribution in [0.1, 0.15) is 15.9 Å². The Morgan fingerprint density at radius 1 is 1.21 bits per heavy atom. The van der Waals surface area contributed by atoms with Crippen LogP contribution in [0, 0.1) is 6.92 Å². The molecule has 0 heterocycles. The van der Waals surface area contributed by atoms with Crippen LogP contribution in [-0.2, 0) is 0 Å². The summed E-state index contributed by atoms with van der Waals surface area (Å²) in [6.45, 7) is 1.94. The molecule has 0 bridgehead atoms. The normalized spacial score (nSPS) is 10.3. The first-order chi connectivity index (χ1) is 8.99. The van der Waals surface area contributed by atoms with Crippen molar-refractivity contribution in [1.29, 1.82) is 0 Å². The summed E-state index contributed by atoms with van der Waals surface area (Å²) in [5, 5.41) is 2.84. The van der Waals surface area contributed by atoms with Gasteiger partial charge in [-0.3, -0.25) is 4.79 Å². The number of carbonyl (C=O) groups is 1. The molecule has 0 saturated carbocycles. The Morgan fingerprint density at radius 2 is 1.95 bits per heavy atom. The van der Waals surface area contributed by atoms with Gasteiger partial charge >= 0.3 is 0 Å². The lowest BCUT2D eigenvalue weighted by atomic mass is 10.1. The molecule has 2 aromatic rings. The van der Waals surface area contributed by atoms with E-state index in [-0.39, 0.29) is 5.91 Å². The summed E-state index contributed by atoms with van der Waals surface area (Å²) in [6.07, 6.45) is 0. The van der Waals surface area contributed by atoms with Gasteiger partial charge in [0.2, 0.25) is 0 Å². The van der Waals surface area contributed by atoms with Crippen LogP contribution < -0.4 is 11.1 Å². The second-order valence-electron chi connectivity index (χ2n) is 4.13. The number of hydrogen-bond donors (Lipinski definition) is 2. The highest BCUT2D eigenvalue weighted by Crippen LogP contribution is 2.27. The Bertz CT molecular complexity index is 641. The van der Waals surface area contributed by atoms with Gasteiger partial charge in [0.25, 0.3) is 5.91 Å². The zero-order valence-corrected chi connectivity index (χ0v) is 13.4. The van der Waals surface area contributed by atoms with Crippen LogP contribution in [-0.4, -0.2) is 5.91 Å². The number of anilines is 2. The third kappa shape index (κ3) is 3.16. The molecule has 0 atom stereocenters. The SMILES string of the molecule is Cc1cccc(C(=O)Nc2cc(N)ccc2Br)c1Br. The van der Waals surface area contributed by atoms with Crippen LogP contribution >= 0.6 is 31.9 Å². The van der Waals surface area contributed by atoms with E-state index < -0.39 is 0 Å². The molecule has 0 radical (unpaired) electrons. The minimum absolute atomic E-state index is 0.179. The number of hydrogen-bond acceptors (Lipinski definition) is 2. The first kappa shape index (κ1) is 14.1. The van der Waals surface area contributed by atoms with Crippen molar-refractivity contribution in [2.75, 3.05) is 11.1 Å². The fourth-order valence-electron chi connectivity index (χ4n) is 1.65. The molecule has 2 rings (SSSR count). The monoisotopic (exact) mass is 382 g/mol. The van der Waals surface area contributed by atoms with E-state index in [1.54, 1.807) is 24.3 Å². The van der Waals surface area contributed by atoms with E-state index in [0.717, 1.165) is 14.5 Å². The van der Waals surface area contributed by atoms with E-state index in [1.807, 2.05) is 19.1 Å². The van der Waals surface area contributed by atoms with Crippen molar-refractivity contribution in [3.8, 4) is 0 Å². The highest BCUT2D eigenvalue weighted by molar-refractivity contribution is 9.11. The van der Waals surface area contributed by atoms with Crippen molar-refractivity contribution in [2.45, 2.75) is 6.92 Å². The molecular formula is C14H12Br2N2O. The first-order valence-corrected chi connectivity index (χ1v) is 7.19. The number of rotatable bonds is 2. The minimum Gasteiger partial charge on any atom is -0.399 e. The predicted octanol–water partition coefficient (Wildman–Crippen LogP) is 4.35. The van der Waals surface area contributed by atoms with Crippen molar-refractivity contribution in [1.82, 2.24) is 0 Å². The van der Waals surface area contributed by atoms with Gasteiger partial charge in [-0.05, 0) is 68.6 Å². The number of benzene rings is 2. The third-order valence-corrected chi connectivity index (χ3v) is 4.42. The zero-order chi connectivity index (χ0) is 14.0. The lowest BCUT2D eigenvalue weighted by Gasteiger charge is -2.10. The zero-order valence-electron chi connectivity index (χ0n) is 10.2. The van der Waals surface area contributed by atoms with Crippen molar-refractivity contribution in [3.05, 3.63) is 56.5 Å². The van der Waals surface area contributed by atoms with Gasteiger partial charge in [0.1, 0.15) is 0 Å². The summed E-state index contributed by atoms with van der Waals surface area (Å²) < 4.78 is 1.59. The van der Waals surface area contributed by atoms with Crippen molar-refractivity contribution in [3.63, 3.8) is 0 Å². The lowest BCUT2D eigenvalue weighted by Crippen LogP contribution is -2.13. The average Bonchev–Trinajstić information content (AvgIpc) is 2.37. The summed E-state index contributed by atoms with van der Waals surface area (Å²) in [4.78, 5) is 12.2. The molecule has 0 aromatic heterocycles. The number of nitrogens with two attached hydrogens (primary N) is 1. The largest absolute Gasteiger partial charge is 0.399 e.